The van der Waals surface area contributed by atoms with Gasteiger partial charge in [-0.15, -0.1) is 13.2 Å². The topological polar surface area (TPSA) is 64.3 Å². The number of ether oxygens (including phenoxy) is 1. The summed E-state index contributed by atoms with van der Waals surface area (Å²) in [5.41, 5.74) is 5.48. The van der Waals surface area contributed by atoms with Crippen LogP contribution < -0.4 is 15.8 Å². The summed E-state index contributed by atoms with van der Waals surface area (Å²) in [6.07, 6.45) is -4.72. The number of alkyl halides is 3. The van der Waals surface area contributed by atoms with Crippen molar-refractivity contribution < 1.29 is 22.7 Å². The van der Waals surface area contributed by atoms with Gasteiger partial charge in [0.15, 0.2) is 0 Å². The minimum atomic E-state index is -4.72. The van der Waals surface area contributed by atoms with Crippen LogP contribution in [-0.2, 0) is 4.79 Å². The molecule has 0 aromatic heterocycles. The average Bonchev–Trinajstić information content (AvgIpc) is 2.23. The van der Waals surface area contributed by atoms with Gasteiger partial charge in [0.05, 0.1) is 5.92 Å². The van der Waals surface area contributed by atoms with Crippen LogP contribution in [0.4, 0.5) is 18.9 Å². The zero-order chi connectivity index (χ0) is 13.8. The molecule has 1 atom stereocenters. The molecule has 0 saturated carbocycles. The fraction of sp³-hybridized carbons (Fsp3) is 0.364. The van der Waals surface area contributed by atoms with E-state index in [1.54, 1.807) is 13.0 Å². The number of hydrogen-bond acceptors (Lipinski definition) is 3. The van der Waals surface area contributed by atoms with E-state index in [2.05, 4.69) is 10.1 Å². The predicted molar refractivity (Wildman–Crippen MR) is 60.0 cm³/mol. The van der Waals surface area contributed by atoms with Gasteiger partial charge in [-0.05, 0) is 12.1 Å². The van der Waals surface area contributed by atoms with Crippen molar-refractivity contribution in [2.45, 2.75) is 13.3 Å². The molecular weight excluding hydrogens is 249 g/mol. The van der Waals surface area contributed by atoms with Crippen LogP contribution in [-0.4, -0.2) is 18.8 Å². The van der Waals surface area contributed by atoms with Crippen LogP contribution in [0.5, 0.6) is 5.75 Å². The monoisotopic (exact) mass is 262 g/mol. The second-order valence-electron chi connectivity index (χ2n) is 3.76. The normalized spacial score (nSPS) is 12.9. The molecule has 100 valence electrons. The van der Waals surface area contributed by atoms with E-state index >= 15 is 0 Å². The van der Waals surface area contributed by atoms with Crippen molar-refractivity contribution in [2.24, 2.45) is 11.7 Å². The smallest absolute Gasteiger partial charge is 0.406 e. The molecule has 0 aliphatic carbocycles. The van der Waals surface area contributed by atoms with Gasteiger partial charge in [-0.25, -0.2) is 0 Å². The van der Waals surface area contributed by atoms with Crippen molar-refractivity contribution in [3.05, 3.63) is 24.3 Å². The Labute approximate surface area is 102 Å². The maximum atomic E-state index is 12.0. The maximum Gasteiger partial charge on any atom is 0.573 e. The van der Waals surface area contributed by atoms with Crippen LogP contribution in [0.1, 0.15) is 6.92 Å². The number of benzene rings is 1. The Morgan fingerprint density at radius 2 is 2.17 bits per heavy atom. The SMILES string of the molecule is CC(CNc1cccc(OC(F)(F)F)c1)C(N)=O. The summed E-state index contributed by atoms with van der Waals surface area (Å²) < 4.78 is 39.7. The second kappa shape index (κ2) is 5.61. The standard InChI is InChI=1S/C11H13F3N2O2/c1-7(10(15)17)6-16-8-3-2-4-9(5-8)18-11(12,13)14/h2-5,7,16H,6H2,1H3,(H2,15,17). The summed E-state index contributed by atoms with van der Waals surface area (Å²) >= 11 is 0. The van der Waals surface area contributed by atoms with Gasteiger partial charge in [0.25, 0.3) is 0 Å². The molecule has 1 unspecified atom stereocenters. The van der Waals surface area contributed by atoms with E-state index in [9.17, 15) is 18.0 Å². The Balaban J connectivity index is 2.62. The minimum Gasteiger partial charge on any atom is -0.406 e. The lowest BCUT2D eigenvalue weighted by molar-refractivity contribution is -0.274. The number of nitrogens with one attached hydrogen (secondary N) is 1. The van der Waals surface area contributed by atoms with Crippen LogP contribution in [0.15, 0.2) is 24.3 Å². The number of primary amides is 1. The average molecular weight is 262 g/mol. The van der Waals surface area contributed by atoms with E-state index in [4.69, 9.17) is 5.73 Å². The molecule has 0 fully saturated rings. The third-order valence-electron chi connectivity index (χ3n) is 2.17. The highest BCUT2D eigenvalue weighted by molar-refractivity contribution is 5.76. The van der Waals surface area contributed by atoms with E-state index in [0.29, 0.717) is 5.69 Å². The Hall–Kier alpha value is -1.92. The lowest BCUT2D eigenvalue weighted by Gasteiger charge is -2.12. The molecule has 0 aliphatic heterocycles. The fourth-order valence-electron chi connectivity index (χ4n) is 1.17. The molecule has 0 saturated heterocycles. The number of halogens is 3. The van der Waals surface area contributed by atoms with E-state index in [1.807, 2.05) is 0 Å². The first-order valence-corrected chi connectivity index (χ1v) is 5.17. The molecule has 0 aliphatic rings. The molecule has 1 aromatic rings. The lowest BCUT2D eigenvalue weighted by Crippen LogP contribution is -2.26. The number of anilines is 1. The van der Waals surface area contributed by atoms with Gasteiger partial charge in [-0.3, -0.25) is 4.79 Å². The summed E-state index contributed by atoms with van der Waals surface area (Å²) in [6.45, 7) is 1.86. The summed E-state index contributed by atoms with van der Waals surface area (Å²) in [5.74, 6) is -1.22. The number of rotatable bonds is 5. The highest BCUT2D eigenvalue weighted by Gasteiger charge is 2.31. The van der Waals surface area contributed by atoms with Crippen molar-refractivity contribution >= 4 is 11.6 Å². The molecular formula is C11H13F3N2O2. The van der Waals surface area contributed by atoms with E-state index < -0.39 is 18.2 Å². The van der Waals surface area contributed by atoms with Crippen LogP contribution in [0.25, 0.3) is 0 Å². The quantitative estimate of drug-likeness (QED) is 0.854. The number of carbonyl (C=O) groups is 1. The molecule has 4 nitrogen and oxygen atoms in total. The van der Waals surface area contributed by atoms with Gasteiger partial charge < -0.3 is 15.8 Å². The molecule has 1 aromatic carbocycles. The zero-order valence-corrected chi connectivity index (χ0v) is 9.62. The Morgan fingerprint density at radius 3 is 2.72 bits per heavy atom. The molecule has 0 bridgehead atoms. The largest absolute Gasteiger partial charge is 0.573 e. The Kier molecular flexibility index (Phi) is 4.41. The molecule has 3 N–H and O–H groups in total. The zero-order valence-electron chi connectivity index (χ0n) is 9.62. The number of hydrogen-bond donors (Lipinski definition) is 2. The Bertz CT molecular complexity index is 421. The summed E-state index contributed by atoms with van der Waals surface area (Å²) in [7, 11) is 0. The van der Waals surface area contributed by atoms with E-state index in [-0.39, 0.29) is 12.3 Å². The number of carbonyl (C=O) groups excluding carboxylic acids is 1. The molecule has 1 rings (SSSR count). The molecule has 0 spiro atoms. The van der Waals surface area contributed by atoms with Crippen LogP contribution in [0.3, 0.4) is 0 Å². The van der Waals surface area contributed by atoms with Crippen molar-refractivity contribution in [1.82, 2.24) is 0 Å². The summed E-state index contributed by atoms with van der Waals surface area (Å²) in [6, 6.07) is 5.37. The van der Waals surface area contributed by atoms with Crippen molar-refractivity contribution in [3.8, 4) is 5.75 Å². The molecule has 1 amide bonds. The van der Waals surface area contributed by atoms with Gasteiger partial charge in [-0.1, -0.05) is 13.0 Å². The summed E-state index contributed by atoms with van der Waals surface area (Å²) in [4.78, 5) is 10.8. The van der Waals surface area contributed by atoms with Gasteiger partial charge in [0.2, 0.25) is 5.91 Å². The van der Waals surface area contributed by atoms with E-state index in [1.165, 1.54) is 18.2 Å². The van der Waals surface area contributed by atoms with Crippen molar-refractivity contribution in [1.29, 1.82) is 0 Å². The molecule has 18 heavy (non-hydrogen) atoms. The number of nitrogens with two attached hydrogens (primary N) is 1. The number of amides is 1. The highest BCUT2D eigenvalue weighted by Crippen LogP contribution is 2.25. The maximum absolute atomic E-state index is 12.0. The first-order valence-electron chi connectivity index (χ1n) is 5.17. The van der Waals surface area contributed by atoms with Crippen LogP contribution in [0, 0.1) is 5.92 Å². The third kappa shape index (κ3) is 4.94. The van der Waals surface area contributed by atoms with Gasteiger partial charge in [-0.2, -0.15) is 0 Å². The predicted octanol–water partition coefficient (Wildman–Crippen LogP) is 2.12. The second-order valence-corrected chi connectivity index (χ2v) is 3.76. The van der Waals surface area contributed by atoms with Crippen LogP contribution in [0.2, 0.25) is 0 Å². The first kappa shape index (κ1) is 14.1. The van der Waals surface area contributed by atoms with Crippen LogP contribution >= 0.6 is 0 Å². The highest BCUT2D eigenvalue weighted by atomic mass is 19.4. The molecule has 0 radical (unpaired) electrons. The minimum absolute atomic E-state index is 0.241. The molecule has 7 heteroatoms. The Morgan fingerprint density at radius 1 is 1.50 bits per heavy atom. The van der Waals surface area contributed by atoms with Gasteiger partial charge >= 0.3 is 6.36 Å². The lowest BCUT2D eigenvalue weighted by atomic mass is 10.1. The van der Waals surface area contributed by atoms with Crippen molar-refractivity contribution in [3.63, 3.8) is 0 Å². The van der Waals surface area contributed by atoms with E-state index in [0.717, 1.165) is 0 Å². The van der Waals surface area contributed by atoms with Gasteiger partial charge in [0, 0.05) is 18.3 Å². The fourth-order valence-corrected chi connectivity index (χ4v) is 1.17. The van der Waals surface area contributed by atoms with Gasteiger partial charge in [0.1, 0.15) is 5.75 Å². The third-order valence-corrected chi connectivity index (χ3v) is 2.17. The van der Waals surface area contributed by atoms with Crippen molar-refractivity contribution in [2.75, 3.05) is 11.9 Å². The first-order chi connectivity index (χ1) is 8.28. The molecule has 0 heterocycles. The summed E-state index contributed by atoms with van der Waals surface area (Å²) in [5, 5.41) is 2.80.